The van der Waals surface area contributed by atoms with Crippen LogP contribution in [0.25, 0.3) is 0 Å². The molecule has 2 amide bonds. The molecule has 0 aliphatic carbocycles. The fourth-order valence-corrected chi connectivity index (χ4v) is 2.27. The predicted octanol–water partition coefficient (Wildman–Crippen LogP) is 2.65. The molecular formula is C17H26N2O2. The van der Waals surface area contributed by atoms with Crippen molar-refractivity contribution >= 4 is 11.8 Å². The van der Waals surface area contributed by atoms with E-state index in [1.165, 1.54) is 6.92 Å². The monoisotopic (exact) mass is 290 g/mol. The Morgan fingerprint density at radius 3 is 2.33 bits per heavy atom. The standard InChI is InChI=1S/C17H26N2O2/c1-13-8-6-7-9-15(13)12-18-16(21)10-11-19(14(2)20)17(3,4)5/h6-9H,10-12H2,1-5H3,(H,18,21). The Bertz CT molecular complexity index is 504. The smallest absolute Gasteiger partial charge is 0.222 e. The van der Waals surface area contributed by atoms with E-state index in [4.69, 9.17) is 0 Å². The second-order valence-corrected chi connectivity index (χ2v) is 6.29. The number of amides is 2. The molecule has 0 radical (unpaired) electrons. The molecule has 0 aliphatic heterocycles. The van der Waals surface area contributed by atoms with Crippen molar-refractivity contribution in [2.45, 2.75) is 53.1 Å². The third kappa shape index (κ3) is 5.58. The first kappa shape index (κ1) is 17.2. The molecule has 1 aromatic rings. The van der Waals surface area contributed by atoms with Gasteiger partial charge in [-0.05, 0) is 38.8 Å². The number of rotatable bonds is 5. The van der Waals surface area contributed by atoms with E-state index in [2.05, 4.69) is 5.32 Å². The van der Waals surface area contributed by atoms with Gasteiger partial charge in [0.2, 0.25) is 11.8 Å². The number of carbonyl (C=O) groups excluding carboxylic acids is 2. The molecule has 0 spiro atoms. The van der Waals surface area contributed by atoms with Crippen molar-refractivity contribution in [1.29, 1.82) is 0 Å². The van der Waals surface area contributed by atoms with Crippen LogP contribution in [0.3, 0.4) is 0 Å². The lowest BCUT2D eigenvalue weighted by atomic mass is 10.1. The minimum absolute atomic E-state index is 0.00537. The van der Waals surface area contributed by atoms with Crippen molar-refractivity contribution in [2.24, 2.45) is 0 Å². The van der Waals surface area contributed by atoms with Crippen LogP contribution in [0.2, 0.25) is 0 Å². The molecule has 1 rings (SSSR count). The summed E-state index contributed by atoms with van der Waals surface area (Å²) >= 11 is 0. The average Bonchev–Trinajstić information content (AvgIpc) is 2.36. The first-order chi connectivity index (χ1) is 9.71. The van der Waals surface area contributed by atoms with Crippen molar-refractivity contribution in [1.82, 2.24) is 10.2 Å². The molecule has 0 fully saturated rings. The fourth-order valence-electron chi connectivity index (χ4n) is 2.27. The molecule has 4 nitrogen and oxygen atoms in total. The molecule has 4 heteroatoms. The van der Waals surface area contributed by atoms with E-state index < -0.39 is 0 Å². The van der Waals surface area contributed by atoms with Gasteiger partial charge in [-0.3, -0.25) is 9.59 Å². The molecule has 0 aliphatic rings. The van der Waals surface area contributed by atoms with Crippen molar-refractivity contribution < 1.29 is 9.59 Å². The second-order valence-electron chi connectivity index (χ2n) is 6.29. The Hall–Kier alpha value is -1.84. The number of carbonyl (C=O) groups is 2. The van der Waals surface area contributed by atoms with Crippen LogP contribution in [0.5, 0.6) is 0 Å². The molecule has 0 saturated carbocycles. The minimum atomic E-state index is -0.262. The normalized spacial score (nSPS) is 11.1. The first-order valence-electron chi connectivity index (χ1n) is 7.31. The van der Waals surface area contributed by atoms with Crippen LogP contribution in [0, 0.1) is 6.92 Å². The molecule has 116 valence electrons. The second kappa shape index (κ2) is 7.25. The van der Waals surface area contributed by atoms with Gasteiger partial charge in [0, 0.05) is 32.0 Å². The van der Waals surface area contributed by atoms with E-state index in [0.29, 0.717) is 19.5 Å². The molecular weight excluding hydrogens is 264 g/mol. The highest BCUT2D eigenvalue weighted by atomic mass is 16.2. The maximum Gasteiger partial charge on any atom is 0.222 e. The number of nitrogens with one attached hydrogen (secondary N) is 1. The van der Waals surface area contributed by atoms with Crippen molar-refractivity contribution in [3.63, 3.8) is 0 Å². The maximum absolute atomic E-state index is 11.9. The van der Waals surface area contributed by atoms with Gasteiger partial charge < -0.3 is 10.2 Å². The lowest BCUT2D eigenvalue weighted by molar-refractivity contribution is -0.134. The van der Waals surface area contributed by atoms with Gasteiger partial charge >= 0.3 is 0 Å². The van der Waals surface area contributed by atoms with Crippen LogP contribution < -0.4 is 5.32 Å². The van der Waals surface area contributed by atoms with Gasteiger partial charge in [-0.2, -0.15) is 0 Å². The van der Waals surface area contributed by atoms with Gasteiger partial charge in [-0.15, -0.1) is 0 Å². The van der Waals surface area contributed by atoms with Gasteiger partial charge in [0.25, 0.3) is 0 Å². The summed E-state index contributed by atoms with van der Waals surface area (Å²) in [5, 5.41) is 2.91. The largest absolute Gasteiger partial charge is 0.352 e. The molecule has 0 aromatic heterocycles. The van der Waals surface area contributed by atoms with E-state index in [1.807, 2.05) is 52.0 Å². The molecule has 21 heavy (non-hydrogen) atoms. The van der Waals surface area contributed by atoms with Crippen LogP contribution in [-0.2, 0) is 16.1 Å². The number of hydrogen-bond acceptors (Lipinski definition) is 2. The average molecular weight is 290 g/mol. The minimum Gasteiger partial charge on any atom is -0.352 e. The first-order valence-corrected chi connectivity index (χ1v) is 7.31. The van der Waals surface area contributed by atoms with E-state index in [0.717, 1.165) is 11.1 Å². The van der Waals surface area contributed by atoms with E-state index >= 15 is 0 Å². The summed E-state index contributed by atoms with van der Waals surface area (Å²) in [6.45, 7) is 10.5. The molecule has 0 atom stereocenters. The van der Waals surface area contributed by atoms with E-state index in [1.54, 1.807) is 4.90 Å². The van der Waals surface area contributed by atoms with Crippen LogP contribution in [0.4, 0.5) is 0 Å². The van der Waals surface area contributed by atoms with Crippen molar-refractivity contribution in [2.75, 3.05) is 6.54 Å². The Morgan fingerprint density at radius 1 is 1.19 bits per heavy atom. The highest BCUT2D eigenvalue weighted by Gasteiger charge is 2.23. The third-order valence-electron chi connectivity index (χ3n) is 3.49. The molecule has 1 aromatic carbocycles. The summed E-state index contributed by atoms with van der Waals surface area (Å²) in [5.74, 6) is -0.0389. The summed E-state index contributed by atoms with van der Waals surface area (Å²) in [6, 6.07) is 7.98. The van der Waals surface area contributed by atoms with Gasteiger partial charge in [-0.25, -0.2) is 0 Å². The lowest BCUT2D eigenvalue weighted by Gasteiger charge is -2.34. The molecule has 0 saturated heterocycles. The van der Waals surface area contributed by atoms with Crippen LogP contribution in [0.1, 0.15) is 45.2 Å². The zero-order chi connectivity index (χ0) is 16.0. The highest BCUT2D eigenvalue weighted by molar-refractivity contribution is 5.78. The summed E-state index contributed by atoms with van der Waals surface area (Å²) in [5.41, 5.74) is 2.02. The lowest BCUT2D eigenvalue weighted by Crippen LogP contribution is -2.46. The molecule has 0 unspecified atom stereocenters. The van der Waals surface area contributed by atoms with Gasteiger partial charge in [0.1, 0.15) is 0 Å². The summed E-state index contributed by atoms with van der Waals surface area (Å²) in [4.78, 5) is 25.3. The van der Waals surface area contributed by atoms with E-state index in [-0.39, 0.29) is 17.4 Å². The number of hydrogen-bond donors (Lipinski definition) is 1. The Morgan fingerprint density at radius 2 is 1.81 bits per heavy atom. The number of benzene rings is 1. The Kier molecular flexibility index (Phi) is 5.94. The number of aryl methyl sites for hydroxylation is 1. The van der Waals surface area contributed by atoms with Crippen LogP contribution in [-0.4, -0.2) is 28.8 Å². The van der Waals surface area contributed by atoms with Gasteiger partial charge in [0.05, 0.1) is 0 Å². The van der Waals surface area contributed by atoms with Gasteiger partial charge in [-0.1, -0.05) is 24.3 Å². The van der Waals surface area contributed by atoms with Crippen LogP contribution >= 0.6 is 0 Å². The van der Waals surface area contributed by atoms with Gasteiger partial charge in [0.15, 0.2) is 0 Å². The summed E-state index contributed by atoms with van der Waals surface area (Å²) < 4.78 is 0. The topological polar surface area (TPSA) is 49.4 Å². The third-order valence-corrected chi connectivity index (χ3v) is 3.49. The predicted molar refractivity (Wildman–Crippen MR) is 84.8 cm³/mol. The Balaban J connectivity index is 2.47. The fraction of sp³-hybridized carbons (Fsp3) is 0.529. The summed E-state index contributed by atoms with van der Waals surface area (Å²) in [6.07, 6.45) is 0.322. The molecule has 0 bridgehead atoms. The van der Waals surface area contributed by atoms with Crippen molar-refractivity contribution in [3.8, 4) is 0 Å². The zero-order valence-electron chi connectivity index (χ0n) is 13.7. The van der Waals surface area contributed by atoms with Crippen LogP contribution in [0.15, 0.2) is 24.3 Å². The van der Waals surface area contributed by atoms with Crippen molar-refractivity contribution in [3.05, 3.63) is 35.4 Å². The molecule has 0 heterocycles. The number of nitrogens with zero attached hydrogens (tertiary/aromatic N) is 1. The Labute approximate surface area is 127 Å². The van der Waals surface area contributed by atoms with E-state index in [9.17, 15) is 9.59 Å². The molecule has 1 N–H and O–H groups in total. The zero-order valence-corrected chi connectivity index (χ0v) is 13.7. The quantitative estimate of drug-likeness (QED) is 0.906. The maximum atomic E-state index is 11.9. The SMILES string of the molecule is CC(=O)N(CCC(=O)NCc1ccccc1C)C(C)(C)C. The highest BCUT2D eigenvalue weighted by Crippen LogP contribution is 2.13. The summed E-state index contributed by atoms with van der Waals surface area (Å²) in [7, 11) is 0.